The molecule has 0 saturated carbocycles. The molecule has 0 fully saturated rings. The van der Waals surface area contributed by atoms with Crippen molar-refractivity contribution >= 4 is 23.2 Å². The molecule has 3 rings (SSSR count). The van der Waals surface area contributed by atoms with Crippen molar-refractivity contribution in [2.45, 2.75) is 146 Å². The van der Waals surface area contributed by atoms with Crippen LogP contribution in [0.4, 0.5) is 0 Å². The van der Waals surface area contributed by atoms with E-state index in [2.05, 4.69) is 106 Å². The molecule has 232 valence electrons. The van der Waals surface area contributed by atoms with Crippen LogP contribution in [0.3, 0.4) is 0 Å². The SMILES string of the molecule is CCCCCCCCCCCCCC[PH](c1c(C)cc(C)cc1C)(c1c(C)cc(C)cc1C)c1c(C)cc(C)cc1C. The molecule has 3 aromatic rings. The summed E-state index contributed by atoms with van der Waals surface area (Å²) in [5.74, 6) is 0. The molecule has 0 radical (unpaired) electrons. The summed E-state index contributed by atoms with van der Waals surface area (Å²) >= 11 is 0. The average Bonchev–Trinajstić information content (AvgIpc) is 2.87. The molecule has 0 bridgehead atoms. The van der Waals surface area contributed by atoms with Gasteiger partial charge in [-0.3, -0.25) is 0 Å². The number of hydrogen-bond acceptors (Lipinski definition) is 0. The summed E-state index contributed by atoms with van der Waals surface area (Å²) in [6, 6.07) is 14.8. The van der Waals surface area contributed by atoms with Gasteiger partial charge in [-0.15, -0.1) is 0 Å². The summed E-state index contributed by atoms with van der Waals surface area (Å²) in [6.45, 7) is 23.5. The summed E-state index contributed by atoms with van der Waals surface area (Å²) in [5, 5.41) is 5.05. The molecule has 1 heteroatoms. The van der Waals surface area contributed by atoms with Crippen molar-refractivity contribution in [2.24, 2.45) is 0 Å². The molecule has 0 N–H and O–H groups in total. The van der Waals surface area contributed by atoms with E-state index in [-0.39, 0.29) is 0 Å². The topological polar surface area (TPSA) is 0 Å². The Morgan fingerprint density at radius 1 is 0.357 bits per heavy atom. The molecule has 0 aliphatic heterocycles. The van der Waals surface area contributed by atoms with Crippen LogP contribution in [-0.4, -0.2) is 6.16 Å². The number of benzene rings is 3. The van der Waals surface area contributed by atoms with E-state index >= 15 is 0 Å². The molecular weight excluding hydrogens is 523 g/mol. The van der Waals surface area contributed by atoms with Crippen LogP contribution < -0.4 is 15.9 Å². The van der Waals surface area contributed by atoms with E-state index in [0.29, 0.717) is 0 Å². The number of rotatable bonds is 16. The van der Waals surface area contributed by atoms with Crippen LogP contribution >= 0.6 is 7.26 Å². The maximum atomic E-state index is 2.46. The minimum atomic E-state index is -2.36. The quantitative estimate of drug-likeness (QED) is 0.116. The summed E-state index contributed by atoms with van der Waals surface area (Å²) in [6.07, 6.45) is 18.1. The maximum absolute atomic E-state index is 2.46. The molecule has 0 amide bonds. The van der Waals surface area contributed by atoms with Crippen molar-refractivity contribution in [3.05, 3.63) is 86.5 Å². The number of unbranched alkanes of at least 4 members (excludes halogenated alkanes) is 11. The van der Waals surface area contributed by atoms with E-state index < -0.39 is 7.26 Å². The van der Waals surface area contributed by atoms with Gasteiger partial charge in [0.25, 0.3) is 0 Å². The van der Waals surface area contributed by atoms with Gasteiger partial charge in [0.2, 0.25) is 0 Å². The average molecular weight is 587 g/mol. The zero-order chi connectivity index (χ0) is 30.9. The van der Waals surface area contributed by atoms with Gasteiger partial charge in [-0.2, -0.15) is 0 Å². The molecule has 0 saturated heterocycles. The van der Waals surface area contributed by atoms with Gasteiger partial charge < -0.3 is 0 Å². The molecule has 0 atom stereocenters. The third kappa shape index (κ3) is 8.38. The van der Waals surface area contributed by atoms with Gasteiger partial charge in [0, 0.05) is 0 Å². The molecule has 0 nitrogen and oxygen atoms in total. The molecular formula is C41H63P. The van der Waals surface area contributed by atoms with Crippen LogP contribution in [0.15, 0.2) is 36.4 Å². The Labute approximate surface area is 261 Å². The second-order valence-corrected chi connectivity index (χ2v) is 17.7. The first-order valence-electron chi connectivity index (χ1n) is 17.3. The molecule has 0 aliphatic carbocycles. The van der Waals surface area contributed by atoms with Gasteiger partial charge in [0.15, 0.2) is 0 Å². The molecule has 42 heavy (non-hydrogen) atoms. The summed E-state index contributed by atoms with van der Waals surface area (Å²) in [4.78, 5) is 0. The van der Waals surface area contributed by atoms with Gasteiger partial charge in [-0.05, 0) is 0 Å². The van der Waals surface area contributed by atoms with Gasteiger partial charge in [-0.1, -0.05) is 13.3 Å². The summed E-state index contributed by atoms with van der Waals surface area (Å²) < 4.78 is 0. The fourth-order valence-electron chi connectivity index (χ4n) is 8.54. The van der Waals surface area contributed by atoms with Crippen LogP contribution in [0.5, 0.6) is 0 Å². The van der Waals surface area contributed by atoms with Crippen molar-refractivity contribution in [3.8, 4) is 0 Å². The second-order valence-electron chi connectivity index (χ2n) is 13.9. The van der Waals surface area contributed by atoms with Crippen LogP contribution in [0, 0.1) is 62.3 Å². The fraction of sp³-hybridized carbons (Fsp3) is 0.561. The van der Waals surface area contributed by atoms with Crippen molar-refractivity contribution < 1.29 is 0 Å². The summed E-state index contributed by atoms with van der Waals surface area (Å²) in [7, 11) is -2.36. The molecule has 0 aliphatic rings. The van der Waals surface area contributed by atoms with Gasteiger partial charge in [0.1, 0.15) is 0 Å². The van der Waals surface area contributed by atoms with Gasteiger partial charge >= 0.3 is 249 Å². The Kier molecular flexibility index (Phi) is 13.4. The minimum absolute atomic E-state index is 1.30. The Morgan fingerprint density at radius 3 is 0.857 bits per heavy atom. The van der Waals surface area contributed by atoms with E-state index in [1.807, 2.05) is 0 Å². The molecule has 3 aromatic carbocycles. The van der Waals surface area contributed by atoms with Crippen molar-refractivity contribution in [1.29, 1.82) is 0 Å². The van der Waals surface area contributed by atoms with E-state index in [4.69, 9.17) is 0 Å². The van der Waals surface area contributed by atoms with Crippen LogP contribution in [0.1, 0.15) is 134 Å². The van der Waals surface area contributed by atoms with Gasteiger partial charge in [0.05, 0.1) is 0 Å². The van der Waals surface area contributed by atoms with Crippen molar-refractivity contribution in [1.82, 2.24) is 0 Å². The van der Waals surface area contributed by atoms with E-state index in [9.17, 15) is 0 Å². The monoisotopic (exact) mass is 586 g/mol. The van der Waals surface area contributed by atoms with Gasteiger partial charge in [-0.25, -0.2) is 0 Å². The predicted molar refractivity (Wildman–Crippen MR) is 195 cm³/mol. The third-order valence-corrected chi connectivity index (χ3v) is 15.7. The second kappa shape index (κ2) is 16.2. The van der Waals surface area contributed by atoms with E-state index in [1.165, 1.54) is 133 Å². The van der Waals surface area contributed by atoms with Crippen LogP contribution in [-0.2, 0) is 0 Å². The standard InChI is InChI=1S/C41H63P/c1-11-12-13-14-15-16-17-18-19-20-21-22-23-42(39-33(5)24-30(2)25-34(39)6,40-35(7)26-31(3)27-36(40)8)41-37(9)28-32(4)29-38(41)10/h24-29,42H,11-23H2,1-10H3. The molecule has 0 spiro atoms. The first-order valence-corrected chi connectivity index (χ1v) is 19.5. The molecule has 0 aromatic heterocycles. The zero-order valence-corrected chi connectivity index (χ0v) is 30.2. The third-order valence-electron chi connectivity index (χ3n) is 9.72. The zero-order valence-electron chi connectivity index (χ0n) is 29.2. The van der Waals surface area contributed by atoms with E-state index in [0.717, 1.165) is 0 Å². The van der Waals surface area contributed by atoms with Crippen LogP contribution in [0.25, 0.3) is 0 Å². The first-order chi connectivity index (χ1) is 20.0. The Balaban J connectivity index is 2.00. The fourth-order valence-corrected chi connectivity index (χ4v) is 15.3. The van der Waals surface area contributed by atoms with E-state index in [1.54, 1.807) is 15.9 Å². The predicted octanol–water partition coefficient (Wildman–Crippen LogP) is 11.2. The molecule has 0 unspecified atom stereocenters. The number of aryl methyl sites for hydroxylation is 9. The Hall–Kier alpha value is -1.91. The van der Waals surface area contributed by atoms with Crippen LogP contribution in [0.2, 0.25) is 0 Å². The van der Waals surface area contributed by atoms with Crippen molar-refractivity contribution in [3.63, 3.8) is 0 Å². The first kappa shape index (κ1) is 34.6. The normalized spacial score (nSPS) is 12.2. The number of hydrogen-bond donors (Lipinski definition) is 0. The Bertz CT molecular complexity index is 1100. The van der Waals surface area contributed by atoms with Crippen molar-refractivity contribution in [2.75, 3.05) is 6.16 Å². The molecule has 0 heterocycles. The Morgan fingerprint density at radius 2 is 0.595 bits per heavy atom. The summed E-state index contributed by atoms with van der Waals surface area (Å²) in [5.41, 5.74) is 13.1.